The van der Waals surface area contributed by atoms with Gasteiger partial charge in [-0.25, -0.2) is 4.39 Å². The Kier molecular flexibility index (Phi) is 7.24. The molecule has 0 fully saturated rings. The quantitative estimate of drug-likeness (QED) is 0.413. The minimum absolute atomic E-state index is 0.0859. The van der Waals surface area contributed by atoms with E-state index in [1.165, 1.54) is 6.07 Å². The zero-order valence-electron chi connectivity index (χ0n) is 16.3. The number of rotatable bonds is 8. The van der Waals surface area contributed by atoms with E-state index in [1.54, 1.807) is 24.3 Å². The van der Waals surface area contributed by atoms with Crippen LogP contribution in [0.1, 0.15) is 23.6 Å². The van der Waals surface area contributed by atoms with Crippen LogP contribution in [0.4, 0.5) is 10.1 Å². The second-order valence-corrected chi connectivity index (χ2v) is 7.34. The van der Waals surface area contributed by atoms with Gasteiger partial charge in [0.25, 0.3) is 0 Å². The third-order valence-electron chi connectivity index (χ3n) is 4.41. The molecule has 0 aliphatic rings. The van der Waals surface area contributed by atoms with Crippen LogP contribution in [0.15, 0.2) is 54.6 Å². The van der Waals surface area contributed by atoms with E-state index in [1.807, 2.05) is 38.1 Å². The van der Waals surface area contributed by atoms with Crippen molar-refractivity contribution >= 4 is 28.9 Å². The maximum absolute atomic E-state index is 13.8. The molecule has 0 atom stereocenters. The van der Waals surface area contributed by atoms with E-state index in [9.17, 15) is 4.39 Å². The fourth-order valence-electron chi connectivity index (χ4n) is 2.76. The Hall–Kier alpha value is -2.43. The van der Waals surface area contributed by atoms with Gasteiger partial charge < -0.3 is 14.8 Å². The molecule has 29 heavy (non-hydrogen) atoms. The first-order chi connectivity index (χ1) is 14.0. The Morgan fingerprint density at radius 1 is 0.897 bits per heavy atom. The molecule has 0 saturated carbocycles. The Labute approximate surface area is 180 Å². The SMILES string of the molecule is CCOc1cc(CNc2ccc(C)c(Cl)c2)c(Cl)cc1OCc1ccccc1F. The monoisotopic (exact) mass is 433 g/mol. The summed E-state index contributed by atoms with van der Waals surface area (Å²) in [6.07, 6.45) is 0. The number of hydrogen-bond donors (Lipinski definition) is 1. The molecule has 0 spiro atoms. The third-order valence-corrected chi connectivity index (χ3v) is 5.17. The third kappa shape index (κ3) is 5.55. The van der Waals surface area contributed by atoms with Gasteiger partial charge in [0.1, 0.15) is 12.4 Å². The Morgan fingerprint density at radius 3 is 2.38 bits per heavy atom. The molecule has 0 aromatic heterocycles. The highest BCUT2D eigenvalue weighted by Gasteiger charge is 2.13. The van der Waals surface area contributed by atoms with E-state index < -0.39 is 0 Å². The summed E-state index contributed by atoms with van der Waals surface area (Å²) in [7, 11) is 0. The van der Waals surface area contributed by atoms with Crippen molar-refractivity contribution in [3.63, 3.8) is 0 Å². The van der Waals surface area contributed by atoms with Crippen molar-refractivity contribution in [3.05, 3.63) is 87.2 Å². The predicted octanol–water partition coefficient (Wildman–Crippen LogP) is 7.03. The summed E-state index contributed by atoms with van der Waals surface area (Å²) >= 11 is 12.6. The topological polar surface area (TPSA) is 30.5 Å². The fraction of sp³-hybridized carbons (Fsp3) is 0.217. The van der Waals surface area contributed by atoms with Gasteiger partial charge in [0.2, 0.25) is 0 Å². The standard InChI is InChI=1S/C23H22Cl2FNO2/c1-3-28-22-10-17(13-27-18-9-8-15(2)19(24)11-18)20(25)12-23(22)29-14-16-6-4-5-7-21(16)26/h4-12,27H,3,13-14H2,1-2H3. The molecule has 0 radical (unpaired) electrons. The fourth-order valence-corrected chi connectivity index (χ4v) is 3.17. The molecule has 3 aromatic rings. The van der Waals surface area contributed by atoms with Gasteiger partial charge in [-0.2, -0.15) is 0 Å². The van der Waals surface area contributed by atoms with Crippen molar-refractivity contribution in [3.8, 4) is 11.5 Å². The van der Waals surface area contributed by atoms with Gasteiger partial charge >= 0.3 is 0 Å². The Bertz CT molecular complexity index is 995. The maximum Gasteiger partial charge on any atom is 0.163 e. The molecule has 0 aliphatic heterocycles. The van der Waals surface area contributed by atoms with E-state index in [2.05, 4.69) is 5.32 Å². The van der Waals surface area contributed by atoms with Crippen molar-refractivity contribution in [2.75, 3.05) is 11.9 Å². The summed E-state index contributed by atoms with van der Waals surface area (Å²) in [5.41, 5.74) is 3.23. The highest BCUT2D eigenvalue weighted by atomic mass is 35.5. The van der Waals surface area contributed by atoms with Crippen LogP contribution in [0.5, 0.6) is 11.5 Å². The lowest BCUT2D eigenvalue weighted by molar-refractivity contribution is 0.265. The highest BCUT2D eigenvalue weighted by molar-refractivity contribution is 6.32. The first-order valence-corrected chi connectivity index (χ1v) is 10.0. The van der Waals surface area contributed by atoms with Gasteiger partial charge in [-0.05, 0) is 49.2 Å². The van der Waals surface area contributed by atoms with Crippen molar-refractivity contribution in [2.45, 2.75) is 27.0 Å². The van der Waals surface area contributed by atoms with Crippen molar-refractivity contribution in [1.29, 1.82) is 0 Å². The number of aryl methyl sites for hydroxylation is 1. The van der Waals surface area contributed by atoms with Gasteiger partial charge in [-0.15, -0.1) is 0 Å². The van der Waals surface area contributed by atoms with E-state index >= 15 is 0 Å². The summed E-state index contributed by atoms with van der Waals surface area (Å²) < 4.78 is 25.4. The van der Waals surface area contributed by atoms with E-state index in [4.69, 9.17) is 32.7 Å². The van der Waals surface area contributed by atoms with Crippen molar-refractivity contribution in [2.24, 2.45) is 0 Å². The normalized spacial score (nSPS) is 10.7. The molecule has 0 aliphatic carbocycles. The number of benzene rings is 3. The van der Waals surface area contributed by atoms with Gasteiger partial charge in [0.05, 0.1) is 6.61 Å². The largest absolute Gasteiger partial charge is 0.490 e. The number of anilines is 1. The van der Waals surface area contributed by atoms with Gasteiger partial charge in [0, 0.05) is 33.9 Å². The minimum Gasteiger partial charge on any atom is -0.490 e. The molecular formula is C23H22Cl2FNO2. The average molecular weight is 434 g/mol. The van der Waals surface area contributed by atoms with Crippen LogP contribution in [-0.2, 0) is 13.2 Å². The molecule has 3 nitrogen and oxygen atoms in total. The molecule has 3 aromatic carbocycles. The maximum atomic E-state index is 13.8. The predicted molar refractivity (Wildman–Crippen MR) is 117 cm³/mol. The van der Waals surface area contributed by atoms with Crippen LogP contribution in [0.2, 0.25) is 10.0 Å². The Morgan fingerprint density at radius 2 is 1.66 bits per heavy atom. The summed E-state index contributed by atoms with van der Waals surface area (Å²) in [6.45, 7) is 4.89. The van der Waals surface area contributed by atoms with E-state index in [0.717, 1.165) is 16.8 Å². The smallest absolute Gasteiger partial charge is 0.163 e. The lowest BCUT2D eigenvalue weighted by atomic mass is 10.1. The number of nitrogens with one attached hydrogen (secondary N) is 1. The number of halogens is 3. The molecular weight excluding hydrogens is 412 g/mol. The molecule has 6 heteroatoms. The van der Waals surface area contributed by atoms with Crippen molar-refractivity contribution in [1.82, 2.24) is 0 Å². The first-order valence-electron chi connectivity index (χ1n) is 9.29. The van der Waals surface area contributed by atoms with Crippen LogP contribution in [0.25, 0.3) is 0 Å². The minimum atomic E-state index is -0.311. The van der Waals surface area contributed by atoms with Crippen molar-refractivity contribution < 1.29 is 13.9 Å². The van der Waals surface area contributed by atoms with E-state index in [0.29, 0.717) is 40.3 Å². The molecule has 152 valence electrons. The second-order valence-electron chi connectivity index (χ2n) is 6.52. The zero-order valence-corrected chi connectivity index (χ0v) is 17.8. The van der Waals surface area contributed by atoms with Gasteiger partial charge in [-0.1, -0.05) is 47.5 Å². The van der Waals surface area contributed by atoms with E-state index in [-0.39, 0.29) is 12.4 Å². The molecule has 0 saturated heterocycles. The summed E-state index contributed by atoms with van der Waals surface area (Å²) in [4.78, 5) is 0. The molecule has 0 bridgehead atoms. The highest BCUT2D eigenvalue weighted by Crippen LogP contribution is 2.35. The summed E-state index contributed by atoms with van der Waals surface area (Å²) in [5.74, 6) is 0.725. The van der Waals surface area contributed by atoms with Crippen LogP contribution in [-0.4, -0.2) is 6.61 Å². The average Bonchev–Trinajstić information content (AvgIpc) is 2.70. The van der Waals surface area contributed by atoms with Crippen LogP contribution < -0.4 is 14.8 Å². The first kappa shape index (κ1) is 21.3. The van der Waals surface area contributed by atoms with Gasteiger partial charge in [-0.3, -0.25) is 0 Å². The molecule has 0 heterocycles. The van der Waals surface area contributed by atoms with Crippen LogP contribution in [0.3, 0.4) is 0 Å². The Balaban J connectivity index is 1.76. The molecule has 0 unspecified atom stereocenters. The molecule has 3 rings (SSSR count). The zero-order chi connectivity index (χ0) is 20.8. The van der Waals surface area contributed by atoms with Crippen LogP contribution >= 0.6 is 23.2 Å². The lowest BCUT2D eigenvalue weighted by Gasteiger charge is -2.16. The number of hydrogen-bond acceptors (Lipinski definition) is 3. The summed E-state index contributed by atoms with van der Waals surface area (Å²) in [6, 6.07) is 15.8. The number of ether oxygens (including phenoxy) is 2. The lowest BCUT2D eigenvalue weighted by Crippen LogP contribution is -2.04. The molecule has 0 amide bonds. The summed E-state index contributed by atoms with van der Waals surface area (Å²) in [5, 5.41) is 4.54. The molecule has 1 N–H and O–H groups in total. The second kappa shape index (κ2) is 9.86. The van der Waals surface area contributed by atoms with Crippen LogP contribution in [0, 0.1) is 12.7 Å². The van der Waals surface area contributed by atoms with Gasteiger partial charge in [0.15, 0.2) is 11.5 Å².